The van der Waals surface area contributed by atoms with Crippen LogP contribution in [0.2, 0.25) is 15.3 Å². The smallest absolute Gasteiger partial charge is 0.251 e. The average Bonchev–Trinajstić information content (AvgIpc) is 2.90. The van der Waals surface area contributed by atoms with Crippen LogP contribution in [0.3, 0.4) is 0 Å². The Balaban J connectivity index is 1.69. The van der Waals surface area contributed by atoms with Gasteiger partial charge in [0.15, 0.2) is 0 Å². The maximum atomic E-state index is 12.0. The monoisotopic (exact) mass is 403 g/mol. The van der Waals surface area contributed by atoms with Gasteiger partial charge in [0.05, 0.1) is 15.7 Å². The van der Waals surface area contributed by atoms with Crippen molar-refractivity contribution in [2.45, 2.75) is 19.8 Å². The average molecular weight is 405 g/mol. The Morgan fingerprint density at radius 2 is 1.84 bits per heavy atom. The quantitative estimate of drug-likeness (QED) is 0.693. The number of rotatable bonds is 7. The zero-order valence-corrected chi connectivity index (χ0v) is 15.6. The molecule has 0 fully saturated rings. The number of hydrogen-bond donors (Lipinski definition) is 2. The Morgan fingerprint density at radius 1 is 1.12 bits per heavy atom. The number of hydrogen-bond acceptors (Lipinski definition) is 4. The van der Waals surface area contributed by atoms with Gasteiger partial charge in [0.1, 0.15) is 0 Å². The van der Waals surface area contributed by atoms with Gasteiger partial charge in [-0.1, -0.05) is 28.4 Å². The molecule has 1 heterocycles. The molecule has 1 aromatic heterocycles. The van der Waals surface area contributed by atoms with Gasteiger partial charge in [0.2, 0.25) is 11.1 Å². The first-order valence-corrected chi connectivity index (χ1v) is 8.62. The normalized spacial score (nSPS) is 10.6. The number of carbonyl (C=O) groups excluding carboxylic acids is 2. The molecule has 9 heteroatoms. The Hall–Kier alpha value is -1.76. The molecule has 134 valence electrons. The molecule has 0 aliphatic carbocycles. The third kappa shape index (κ3) is 5.63. The lowest BCUT2D eigenvalue weighted by Gasteiger charge is -2.08. The third-order valence-electron chi connectivity index (χ3n) is 3.45. The summed E-state index contributed by atoms with van der Waals surface area (Å²) in [6.45, 7) is 2.36. The van der Waals surface area contributed by atoms with Crippen LogP contribution >= 0.6 is 34.8 Å². The molecular formula is C16H16Cl3N3O3. The summed E-state index contributed by atoms with van der Waals surface area (Å²) >= 11 is 17.5. The van der Waals surface area contributed by atoms with Crippen LogP contribution in [0.25, 0.3) is 0 Å². The lowest BCUT2D eigenvalue weighted by atomic mass is 10.1. The van der Waals surface area contributed by atoms with Gasteiger partial charge < -0.3 is 15.2 Å². The minimum absolute atomic E-state index is 0.152. The first kappa shape index (κ1) is 19.6. The molecule has 2 N–H and O–H groups in total. The molecule has 0 saturated heterocycles. The van der Waals surface area contributed by atoms with E-state index < -0.39 is 0 Å². The van der Waals surface area contributed by atoms with Crippen molar-refractivity contribution >= 4 is 46.6 Å². The molecule has 6 nitrogen and oxygen atoms in total. The molecule has 25 heavy (non-hydrogen) atoms. The summed E-state index contributed by atoms with van der Waals surface area (Å²) in [4.78, 5) is 23.8. The number of aromatic nitrogens is 1. The topological polar surface area (TPSA) is 84.2 Å². The zero-order valence-electron chi connectivity index (χ0n) is 13.4. The van der Waals surface area contributed by atoms with Crippen molar-refractivity contribution in [1.29, 1.82) is 0 Å². The third-order valence-corrected chi connectivity index (χ3v) is 4.49. The highest BCUT2D eigenvalue weighted by Gasteiger charge is 2.12. The van der Waals surface area contributed by atoms with E-state index in [4.69, 9.17) is 39.3 Å². The second-order valence-corrected chi connectivity index (χ2v) is 6.41. The van der Waals surface area contributed by atoms with Crippen molar-refractivity contribution in [3.05, 3.63) is 50.3 Å². The number of nitrogens with zero attached hydrogens (tertiary/aromatic N) is 1. The predicted molar refractivity (Wildman–Crippen MR) is 96.4 cm³/mol. The molecule has 0 saturated carbocycles. The lowest BCUT2D eigenvalue weighted by molar-refractivity contribution is -0.121. The number of benzene rings is 1. The zero-order chi connectivity index (χ0) is 18.4. The molecule has 2 aromatic rings. The second-order valence-electron chi connectivity index (χ2n) is 5.25. The second kappa shape index (κ2) is 9.08. The Morgan fingerprint density at radius 3 is 2.48 bits per heavy atom. The van der Waals surface area contributed by atoms with Crippen molar-refractivity contribution < 1.29 is 14.1 Å². The van der Waals surface area contributed by atoms with Crippen molar-refractivity contribution in [3.63, 3.8) is 0 Å². The van der Waals surface area contributed by atoms with Gasteiger partial charge in [-0.25, -0.2) is 0 Å². The molecular weight excluding hydrogens is 389 g/mol. The van der Waals surface area contributed by atoms with Gasteiger partial charge in [-0.3, -0.25) is 9.59 Å². The van der Waals surface area contributed by atoms with Gasteiger partial charge >= 0.3 is 0 Å². The van der Waals surface area contributed by atoms with Crippen molar-refractivity contribution in [3.8, 4) is 0 Å². The Labute approximate surface area is 159 Å². The molecule has 0 atom stereocenters. The number of carbonyl (C=O) groups is 2. The molecule has 2 rings (SSSR count). The minimum atomic E-state index is -0.292. The van der Waals surface area contributed by atoms with Crippen LogP contribution in [0.4, 0.5) is 0 Å². The molecule has 1 aromatic carbocycles. The van der Waals surface area contributed by atoms with E-state index >= 15 is 0 Å². The summed E-state index contributed by atoms with van der Waals surface area (Å²) in [5, 5.41) is 10.0. The Bertz CT molecular complexity index is 758. The van der Waals surface area contributed by atoms with Crippen LogP contribution in [-0.4, -0.2) is 30.1 Å². The summed E-state index contributed by atoms with van der Waals surface area (Å²) in [6.07, 6.45) is 0.693. The molecule has 0 bridgehead atoms. The predicted octanol–water partition coefficient (Wildman–Crippen LogP) is 3.42. The van der Waals surface area contributed by atoms with Gasteiger partial charge in [0, 0.05) is 30.6 Å². The number of aryl methyl sites for hydroxylation is 1. The minimum Gasteiger partial charge on any atom is -0.354 e. The summed E-state index contributed by atoms with van der Waals surface area (Å²) in [5.41, 5.74) is 1.80. The van der Waals surface area contributed by atoms with E-state index in [1.54, 1.807) is 19.1 Å². The van der Waals surface area contributed by atoms with Gasteiger partial charge in [-0.2, -0.15) is 0 Å². The van der Waals surface area contributed by atoms with Crippen LogP contribution in [0, 0.1) is 6.92 Å². The van der Waals surface area contributed by atoms with E-state index in [0.29, 0.717) is 34.3 Å². The summed E-state index contributed by atoms with van der Waals surface area (Å²) in [6, 6.07) is 4.62. The van der Waals surface area contributed by atoms with Gasteiger partial charge in [0.25, 0.3) is 5.91 Å². The lowest BCUT2D eigenvalue weighted by Crippen LogP contribution is -2.34. The number of nitrogens with one attached hydrogen (secondary N) is 2. The summed E-state index contributed by atoms with van der Waals surface area (Å²) in [5.74, 6) is -0.444. The summed E-state index contributed by atoms with van der Waals surface area (Å²) in [7, 11) is 0. The highest BCUT2D eigenvalue weighted by atomic mass is 35.5. The highest BCUT2D eigenvalue weighted by Crippen LogP contribution is 2.22. The fourth-order valence-corrected chi connectivity index (χ4v) is 2.65. The van der Waals surface area contributed by atoms with E-state index in [1.807, 2.05) is 0 Å². The van der Waals surface area contributed by atoms with E-state index in [-0.39, 0.29) is 30.0 Å². The fourth-order valence-electron chi connectivity index (χ4n) is 2.08. The number of halogens is 3. The van der Waals surface area contributed by atoms with Crippen LogP contribution in [0.1, 0.15) is 28.0 Å². The van der Waals surface area contributed by atoms with Gasteiger partial charge in [-0.05, 0) is 43.1 Å². The number of amides is 2. The van der Waals surface area contributed by atoms with Crippen molar-refractivity contribution in [1.82, 2.24) is 15.8 Å². The van der Waals surface area contributed by atoms with Crippen molar-refractivity contribution in [2.24, 2.45) is 0 Å². The SMILES string of the molecule is Cc1noc(Cl)c1CCC(=O)NCCNC(=O)c1ccc(Cl)c(Cl)c1. The molecule has 0 aliphatic rings. The van der Waals surface area contributed by atoms with E-state index in [1.165, 1.54) is 6.07 Å². The standard InChI is InChI=1S/C16H16Cl3N3O3/c1-9-11(15(19)25-22-9)3-5-14(23)20-6-7-21-16(24)10-2-4-12(17)13(18)8-10/h2,4,8H,3,5-7H2,1H3,(H,20,23)(H,21,24). The highest BCUT2D eigenvalue weighted by molar-refractivity contribution is 6.42. The van der Waals surface area contributed by atoms with Crippen LogP contribution in [-0.2, 0) is 11.2 Å². The Kier molecular flexibility index (Phi) is 7.11. The fraction of sp³-hybridized carbons (Fsp3) is 0.312. The first-order chi connectivity index (χ1) is 11.9. The molecule has 0 unspecified atom stereocenters. The van der Waals surface area contributed by atoms with Crippen molar-refractivity contribution in [2.75, 3.05) is 13.1 Å². The molecule has 0 spiro atoms. The van der Waals surface area contributed by atoms with Gasteiger partial charge in [-0.15, -0.1) is 0 Å². The van der Waals surface area contributed by atoms with E-state index in [9.17, 15) is 9.59 Å². The van der Waals surface area contributed by atoms with Crippen LogP contribution in [0.15, 0.2) is 22.7 Å². The summed E-state index contributed by atoms with van der Waals surface area (Å²) < 4.78 is 4.83. The van der Waals surface area contributed by atoms with Crippen LogP contribution < -0.4 is 10.6 Å². The maximum Gasteiger partial charge on any atom is 0.251 e. The molecule has 0 radical (unpaired) electrons. The van der Waals surface area contributed by atoms with E-state index in [0.717, 1.165) is 5.56 Å². The maximum absolute atomic E-state index is 12.0. The first-order valence-electron chi connectivity index (χ1n) is 7.49. The van der Waals surface area contributed by atoms with Crippen LogP contribution in [0.5, 0.6) is 0 Å². The van der Waals surface area contributed by atoms with E-state index in [2.05, 4.69) is 15.8 Å². The molecule has 0 aliphatic heterocycles. The molecule has 2 amide bonds. The largest absolute Gasteiger partial charge is 0.354 e.